The van der Waals surface area contributed by atoms with Crippen LogP contribution in [0.1, 0.15) is 85.5 Å². The van der Waals surface area contributed by atoms with Gasteiger partial charge in [0.2, 0.25) is 0 Å². The van der Waals surface area contributed by atoms with Crippen molar-refractivity contribution in [3.63, 3.8) is 0 Å². The molecule has 9 heteroatoms. The number of aliphatic hydroxyl groups is 2. The highest BCUT2D eigenvalue weighted by Gasteiger charge is 2.64. The lowest BCUT2D eigenvalue weighted by molar-refractivity contribution is -0.203. The maximum atomic E-state index is 12.6. The molecule has 0 saturated heterocycles. The lowest BCUT2D eigenvalue weighted by atomic mass is 9.41. The van der Waals surface area contributed by atoms with Gasteiger partial charge in [0.1, 0.15) is 0 Å². The molecule has 230 valence electrons. The minimum Gasteiger partial charge on any atom is -0.393 e. The van der Waals surface area contributed by atoms with E-state index < -0.39 is 16.1 Å². The molecule has 4 N–H and O–H groups in total. The van der Waals surface area contributed by atoms with Gasteiger partial charge in [0.25, 0.3) is 10.0 Å². The second-order valence-electron chi connectivity index (χ2n) is 14.2. The van der Waals surface area contributed by atoms with Crippen LogP contribution in [0.2, 0.25) is 5.02 Å². The van der Waals surface area contributed by atoms with Crippen LogP contribution in [0.15, 0.2) is 29.2 Å². The number of carbonyl (C=O) groups is 1. The topological polar surface area (TPSA) is 116 Å². The van der Waals surface area contributed by atoms with Crippen LogP contribution in [0.4, 0.5) is 4.79 Å². The minimum atomic E-state index is -4.00. The molecule has 0 spiro atoms. The molecule has 7 nitrogen and oxygen atoms in total. The molecular formula is C32H49ClN2O5S. The summed E-state index contributed by atoms with van der Waals surface area (Å²) in [5.74, 6) is 2.82. The number of carbonyl (C=O) groups excluding carboxylic acids is 1. The molecule has 0 aliphatic heterocycles. The molecule has 0 bridgehead atoms. The van der Waals surface area contributed by atoms with E-state index in [9.17, 15) is 23.4 Å². The SMILES string of the molecule is CC[C@H]1[C@@H](O)[C@@H]2[C@H](CC[C@]3(C)[C@@H]([C@H](C)CCNC(=O)NS(=O)(=O)c4cccc(Cl)c4)CC[C@@H]23)[C@@]2(C)CC[C@@H](O)C[C@@H]12. The van der Waals surface area contributed by atoms with Gasteiger partial charge in [-0.25, -0.2) is 17.9 Å². The summed E-state index contributed by atoms with van der Waals surface area (Å²) in [6.45, 7) is 9.78. The van der Waals surface area contributed by atoms with Crippen molar-refractivity contribution in [1.29, 1.82) is 0 Å². The number of halogens is 1. The number of sulfonamides is 1. The largest absolute Gasteiger partial charge is 0.393 e. The minimum absolute atomic E-state index is 0.0474. The molecule has 1 aromatic carbocycles. The molecule has 0 heterocycles. The predicted molar refractivity (Wildman–Crippen MR) is 161 cm³/mol. The van der Waals surface area contributed by atoms with Crippen LogP contribution in [-0.2, 0) is 10.0 Å². The first-order valence-electron chi connectivity index (χ1n) is 15.7. The van der Waals surface area contributed by atoms with Crippen molar-refractivity contribution in [2.24, 2.45) is 52.3 Å². The number of urea groups is 1. The highest BCUT2D eigenvalue weighted by Crippen LogP contribution is 2.69. The Morgan fingerprint density at radius 3 is 2.49 bits per heavy atom. The molecule has 4 aliphatic carbocycles. The first kappa shape index (κ1) is 31.1. The van der Waals surface area contributed by atoms with E-state index in [2.05, 4.69) is 37.7 Å². The second-order valence-corrected chi connectivity index (χ2v) is 16.3. The normalized spacial score (nSPS) is 41.0. The Morgan fingerprint density at radius 2 is 1.78 bits per heavy atom. The van der Waals surface area contributed by atoms with E-state index >= 15 is 0 Å². The summed E-state index contributed by atoms with van der Waals surface area (Å²) < 4.78 is 27.2. The van der Waals surface area contributed by atoms with Crippen molar-refractivity contribution < 1.29 is 23.4 Å². The van der Waals surface area contributed by atoms with Crippen molar-refractivity contribution in [2.75, 3.05) is 6.54 Å². The summed E-state index contributed by atoms with van der Waals surface area (Å²) in [6.07, 6.45) is 8.52. The van der Waals surface area contributed by atoms with Crippen LogP contribution in [0.25, 0.3) is 0 Å². The van der Waals surface area contributed by atoms with Gasteiger partial charge in [-0.15, -0.1) is 0 Å². The third-order valence-electron chi connectivity index (χ3n) is 12.4. The zero-order valence-electron chi connectivity index (χ0n) is 25.0. The molecule has 4 fully saturated rings. The molecule has 0 radical (unpaired) electrons. The number of aliphatic hydroxyl groups excluding tert-OH is 2. The van der Waals surface area contributed by atoms with Gasteiger partial charge in [-0.1, -0.05) is 51.8 Å². The fourth-order valence-electron chi connectivity index (χ4n) is 10.4. The summed E-state index contributed by atoms with van der Waals surface area (Å²) in [6, 6.07) is 5.10. The highest BCUT2D eigenvalue weighted by atomic mass is 35.5. The molecule has 11 atom stereocenters. The van der Waals surface area contributed by atoms with E-state index in [0.717, 1.165) is 57.8 Å². The van der Waals surface area contributed by atoms with Crippen LogP contribution in [0.5, 0.6) is 0 Å². The number of hydrogen-bond acceptors (Lipinski definition) is 5. The van der Waals surface area contributed by atoms with Crippen LogP contribution >= 0.6 is 11.6 Å². The van der Waals surface area contributed by atoms with E-state index in [1.54, 1.807) is 6.07 Å². The fraction of sp³-hybridized carbons (Fsp3) is 0.781. The molecule has 41 heavy (non-hydrogen) atoms. The maximum absolute atomic E-state index is 12.6. The van der Waals surface area contributed by atoms with E-state index in [1.807, 2.05) is 0 Å². The molecule has 4 saturated carbocycles. The Morgan fingerprint density at radius 1 is 1.07 bits per heavy atom. The molecule has 1 aromatic rings. The van der Waals surface area contributed by atoms with E-state index in [1.165, 1.54) is 18.2 Å². The highest BCUT2D eigenvalue weighted by molar-refractivity contribution is 7.90. The molecule has 2 amide bonds. The number of nitrogens with one attached hydrogen (secondary N) is 2. The average molecular weight is 609 g/mol. The van der Waals surface area contributed by atoms with Crippen LogP contribution in [0.3, 0.4) is 0 Å². The number of benzene rings is 1. The first-order chi connectivity index (χ1) is 19.3. The Labute approximate surface area is 251 Å². The Hall–Kier alpha value is -1.35. The molecule has 5 rings (SSSR count). The van der Waals surface area contributed by atoms with Gasteiger partial charge in [-0.05, 0) is 122 Å². The maximum Gasteiger partial charge on any atom is 0.328 e. The van der Waals surface area contributed by atoms with Crippen LogP contribution < -0.4 is 10.0 Å². The smallest absolute Gasteiger partial charge is 0.328 e. The van der Waals surface area contributed by atoms with Gasteiger partial charge >= 0.3 is 6.03 Å². The van der Waals surface area contributed by atoms with Crippen LogP contribution in [-0.4, -0.2) is 43.4 Å². The Balaban J connectivity index is 1.22. The van der Waals surface area contributed by atoms with Gasteiger partial charge in [-0.3, -0.25) is 0 Å². The second kappa shape index (κ2) is 11.6. The van der Waals surface area contributed by atoms with E-state index in [4.69, 9.17) is 11.6 Å². The number of rotatable bonds is 7. The van der Waals surface area contributed by atoms with E-state index in [-0.39, 0.29) is 38.9 Å². The van der Waals surface area contributed by atoms with Crippen LogP contribution in [0, 0.1) is 52.3 Å². The Kier molecular flexibility index (Phi) is 8.81. The molecule has 0 aromatic heterocycles. The summed E-state index contributed by atoms with van der Waals surface area (Å²) in [5, 5.41) is 25.4. The van der Waals surface area contributed by atoms with Crippen molar-refractivity contribution in [3.8, 4) is 0 Å². The van der Waals surface area contributed by atoms with Gasteiger partial charge in [-0.2, -0.15) is 0 Å². The molecular weight excluding hydrogens is 560 g/mol. The number of hydrogen-bond donors (Lipinski definition) is 4. The summed E-state index contributed by atoms with van der Waals surface area (Å²) in [4.78, 5) is 12.4. The van der Waals surface area contributed by atoms with Crippen molar-refractivity contribution in [3.05, 3.63) is 29.3 Å². The van der Waals surface area contributed by atoms with Crippen molar-refractivity contribution in [2.45, 2.75) is 103 Å². The quantitative estimate of drug-likeness (QED) is 0.304. The number of fused-ring (bicyclic) bond motifs is 5. The van der Waals surface area contributed by atoms with Gasteiger partial charge < -0.3 is 15.5 Å². The van der Waals surface area contributed by atoms with Crippen molar-refractivity contribution >= 4 is 27.7 Å². The lowest BCUT2D eigenvalue weighted by Crippen LogP contribution is -2.62. The fourth-order valence-corrected chi connectivity index (χ4v) is 11.6. The van der Waals surface area contributed by atoms with E-state index in [0.29, 0.717) is 42.1 Å². The van der Waals surface area contributed by atoms with Gasteiger partial charge in [0, 0.05) is 11.6 Å². The zero-order chi connectivity index (χ0) is 29.7. The predicted octanol–water partition coefficient (Wildman–Crippen LogP) is 5.98. The summed E-state index contributed by atoms with van der Waals surface area (Å²) in [7, 11) is -4.00. The van der Waals surface area contributed by atoms with Crippen molar-refractivity contribution in [1.82, 2.24) is 10.0 Å². The average Bonchev–Trinajstić information content (AvgIpc) is 3.27. The van der Waals surface area contributed by atoms with Gasteiger partial charge in [0.05, 0.1) is 17.1 Å². The number of amides is 2. The zero-order valence-corrected chi connectivity index (χ0v) is 26.6. The summed E-state index contributed by atoms with van der Waals surface area (Å²) in [5.41, 5.74) is 0.340. The molecule has 4 aliphatic rings. The third kappa shape index (κ3) is 5.56. The monoisotopic (exact) mass is 608 g/mol. The molecule has 0 unspecified atom stereocenters. The standard InChI is InChI=1S/C32H49ClN2O5S/c1-5-23-27-18-21(36)11-14-32(27,4)26-12-15-31(3)24(9-10-25(31)28(26)29(23)37)19(2)13-16-34-30(38)35-41(39,40)22-8-6-7-20(33)17-22/h6-8,17,19,21,23-29,36-37H,5,9-16,18H2,1-4H3,(H2,34,35,38)/t19-,21-,23-,24-,25+,26+,27+,28+,29-,31-,32-/m1/s1. The first-order valence-corrected chi connectivity index (χ1v) is 17.6. The summed E-state index contributed by atoms with van der Waals surface area (Å²) >= 11 is 5.91. The third-order valence-corrected chi connectivity index (χ3v) is 13.9. The Bertz CT molecular complexity index is 1230. The van der Waals surface area contributed by atoms with Gasteiger partial charge in [0.15, 0.2) is 0 Å². The lowest BCUT2D eigenvalue weighted by Gasteiger charge is -2.64.